The van der Waals surface area contributed by atoms with Crippen LogP contribution in [-0.2, 0) is 22.4 Å². The molecule has 47 heteroatoms. The van der Waals surface area contributed by atoms with Gasteiger partial charge in [-0.25, -0.2) is 78.4 Å². The van der Waals surface area contributed by atoms with E-state index in [9.17, 15) is 45.1 Å². The number of rotatable bonds is 16. The maximum Gasteiger partial charge on any atom is 1.00 e. The Kier molecular flexibility index (Phi) is 50.9. The van der Waals surface area contributed by atoms with E-state index in [0.29, 0.717) is 17.0 Å². The number of aliphatic hydroxyl groups excluding tert-OH is 1. The van der Waals surface area contributed by atoms with E-state index in [-0.39, 0.29) is 218 Å². The number of aromatic amines is 1. The van der Waals surface area contributed by atoms with Crippen LogP contribution in [0.5, 0.6) is 28.7 Å². The number of carboxylic acids is 1. The third kappa shape index (κ3) is 30.3. The van der Waals surface area contributed by atoms with Gasteiger partial charge in [0.1, 0.15) is 109 Å². The Balaban J connectivity index is 0.000000295. The first-order valence-electron chi connectivity index (χ1n) is 40.4. The molecule has 140 heavy (non-hydrogen) atoms. The zero-order valence-corrected chi connectivity index (χ0v) is 87.4. The molecule has 740 valence electrons. The second kappa shape index (κ2) is 59.2. The van der Waals surface area contributed by atoms with E-state index in [4.69, 9.17) is 178 Å². The Hall–Kier alpha value is -9.99. The van der Waals surface area contributed by atoms with Crippen LogP contribution in [0.3, 0.4) is 0 Å². The number of nitrogens with zero attached hydrogens (tertiary/aromatic N) is 10. The van der Waals surface area contributed by atoms with Crippen LogP contribution < -0.4 is 80.5 Å². The van der Waals surface area contributed by atoms with Crippen molar-refractivity contribution in [2.45, 2.75) is 76.1 Å². The molecule has 2 aliphatic heterocycles. The van der Waals surface area contributed by atoms with Gasteiger partial charge >= 0.3 is 41.5 Å². The van der Waals surface area contributed by atoms with Crippen LogP contribution in [0, 0.1) is 69.5 Å². The number of esters is 1. The van der Waals surface area contributed by atoms with Crippen LogP contribution >= 0.6 is 139 Å². The first-order chi connectivity index (χ1) is 66.3. The van der Waals surface area contributed by atoms with Gasteiger partial charge in [-0.3, -0.25) is 9.71 Å². The number of fused-ring (bicyclic) bond motifs is 3. The second-order valence-corrected chi connectivity index (χ2v) is 31.8. The summed E-state index contributed by atoms with van der Waals surface area (Å²) in [4.78, 5) is 63.3. The Bertz CT molecular complexity index is 6680. The van der Waals surface area contributed by atoms with Crippen LogP contribution in [0.25, 0.3) is 104 Å². The smallest absolute Gasteiger partial charge is 0.496 e. The SMILES string of the molecule is C1CCNCC1.CC(C)O.CI.COC(=O)c1cc(Cl)c(-c2c(F)cccc2OC)c(F)c1N.COc1cccc(F)c1-c1c(Cl)cc(C(=O)O)c(N)c1F.COc1cccc(F)c1-c1c(Cl)cc2c(=O)[nH]c(CCl)nc2c1F.COc1cccc(F)c1-c1c(Cl)cc2c(Cl)nc(CCl)nc2c1F.COc1cccc(F)c1-c1c(Cl)cc2c(N3CCCCC3)nc(CCl)nc2c1F.N#CCCl.[N-]=[N+]=[N-].[Na+]. The summed E-state index contributed by atoms with van der Waals surface area (Å²) < 4.78 is 176. The first kappa shape index (κ1) is 120. The van der Waals surface area contributed by atoms with Gasteiger partial charge in [0.2, 0.25) is 0 Å². The van der Waals surface area contributed by atoms with Crippen molar-refractivity contribution >= 4 is 200 Å². The summed E-state index contributed by atoms with van der Waals surface area (Å²) in [5.41, 5.74) is 20.2. The minimum absolute atomic E-state index is 0. The molecule has 2 aliphatic rings. The minimum atomic E-state index is -1.43. The summed E-state index contributed by atoms with van der Waals surface area (Å²) in [5, 5.41) is 27.9. The fourth-order valence-electron chi connectivity index (χ4n) is 13.5. The first-order valence-corrected chi connectivity index (χ1v) is 47.0. The number of carbonyl (C=O) groups is 2. The fourth-order valence-corrected chi connectivity index (χ4v) is 15.5. The predicted molar refractivity (Wildman–Crippen MR) is 536 cm³/mol. The fraction of sp³-hybridized carbons (Fsp3) is 0.258. The number of hydrogen-bond donors (Lipinski definition) is 6. The van der Waals surface area contributed by atoms with Gasteiger partial charge < -0.3 is 76.4 Å². The average molecular weight is 2270 g/mol. The van der Waals surface area contributed by atoms with Crippen LogP contribution in [0.15, 0.2) is 126 Å². The molecular formula is C93H84Cl10F10IN14NaO11. The number of aromatic nitrogens is 6. The summed E-state index contributed by atoms with van der Waals surface area (Å²) in [7, 11) is 7.82. The van der Waals surface area contributed by atoms with Gasteiger partial charge in [0, 0.05) is 57.8 Å². The molecule has 13 aromatic rings. The number of carboxylic acid groups (broad SMARTS) is 1. The van der Waals surface area contributed by atoms with Crippen LogP contribution in [0.4, 0.5) is 61.1 Å². The Labute approximate surface area is 882 Å². The van der Waals surface area contributed by atoms with Crippen molar-refractivity contribution in [2.24, 2.45) is 0 Å². The average Bonchev–Trinajstić information content (AvgIpc) is 0.764. The number of benzene rings is 10. The predicted octanol–water partition coefficient (Wildman–Crippen LogP) is 23.9. The van der Waals surface area contributed by atoms with Crippen molar-refractivity contribution in [1.29, 1.82) is 5.26 Å². The molecule has 0 atom stereocenters. The maximum absolute atomic E-state index is 15.7. The molecule has 0 saturated carbocycles. The zero-order valence-electron chi connectivity index (χ0n) is 75.7. The minimum Gasteiger partial charge on any atom is -0.496 e. The van der Waals surface area contributed by atoms with E-state index in [2.05, 4.69) is 67.4 Å². The summed E-state index contributed by atoms with van der Waals surface area (Å²) in [5.74, 6) is -8.63. The molecule has 15 rings (SSSR count). The van der Waals surface area contributed by atoms with E-state index >= 15 is 13.2 Å². The third-order valence-electron chi connectivity index (χ3n) is 19.4. The number of halogens is 21. The molecule has 2 fully saturated rings. The molecule has 0 amide bonds. The standard InChI is InChI=1S/C21H19Cl2F2N3O.C16H9Cl3F2N2O.C16H10Cl2F2N2O2.C15H12ClF2NO3.C14H10ClF2NO3.C5H11N.C3H8O.C2H2ClN.CH3I.N3.Na/c1-29-15-7-5-6-14(24)18(15)17-13(23)10-12-20(19(17)25)26-16(11-22)27-21(12)28-8-3-2-4-9-28;1-24-10-4-2-3-9(20)13(10)12-8(18)5-7-15(14(12)21)22-11(6-17)23-16(7)19;1-24-10-4-2-3-9(19)13(10)12-8(18)5-7-15(14(12)20)21-11(6-17)22-16(7)23;1-21-10-5-3-4-9(17)12(10)11-8(16)6-7(15(20)22-2)14(19)13(11)18;1-21-9-4-2-3-8(16)11(9)10-7(15)5-6(14(19)20)13(18)12(10)17;1-2-4-6-5-3-1;1-3(2)4;3-1-2-4;1-2;1-3-2;/h5-7,10H,2-4,8-9,11H2,1H3;2-5H,6H2,1H3;2-5H,6H2,1H3,(H,21,22,23);3-6H,19H2,1-2H3;2-5H,18H2,1H3,(H,19,20);6H,1-5H2;3-4H,1-2H3;1H2;1H3;;/q;;;;;;;;;-1;+1. The molecule has 0 spiro atoms. The van der Waals surface area contributed by atoms with Crippen LogP contribution in [-0.4, -0.2) is 138 Å². The van der Waals surface area contributed by atoms with Gasteiger partial charge in [-0.2, -0.15) is 5.26 Å². The van der Waals surface area contributed by atoms with Crippen molar-refractivity contribution in [1.82, 2.24) is 35.2 Å². The number of piperidine rings is 2. The largest absolute Gasteiger partial charge is 1.00 e. The quantitative estimate of drug-likeness (QED) is 0.00500. The van der Waals surface area contributed by atoms with Gasteiger partial charge in [0.25, 0.3) is 5.56 Å². The molecule has 10 aromatic carbocycles. The van der Waals surface area contributed by atoms with Gasteiger partial charge in [0.15, 0.2) is 29.1 Å². The molecule has 5 heterocycles. The number of ether oxygens (including phenoxy) is 6. The zero-order chi connectivity index (χ0) is 104. The number of alkyl halides is 5. The van der Waals surface area contributed by atoms with Crippen molar-refractivity contribution in [2.75, 3.05) is 96.0 Å². The van der Waals surface area contributed by atoms with Crippen molar-refractivity contribution in [3.8, 4) is 90.5 Å². The Morgan fingerprint density at radius 3 is 1.11 bits per heavy atom. The number of nitrogens with two attached hydrogens (primary N) is 2. The Morgan fingerprint density at radius 2 is 0.793 bits per heavy atom. The number of hydrogen-bond acceptors (Lipinski definition) is 20. The number of aromatic carboxylic acids is 1. The monoisotopic (exact) mass is 2260 g/mol. The molecule has 0 unspecified atom stereocenters. The number of nitrogens with one attached hydrogen (secondary N) is 2. The van der Waals surface area contributed by atoms with Crippen LogP contribution in [0.2, 0.25) is 30.3 Å². The molecule has 2 saturated heterocycles. The molecule has 0 bridgehead atoms. The summed E-state index contributed by atoms with van der Waals surface area (Å²) in [6, 6.07) is 28.5. The van der Waals surface area contributed by atoms with E-state index in [0.717, 1.165) is 69.8 Å². The summed E-state index contributed by atoms with van der Waals surface area (Å²) in [6.07, 6.45) is 7.26. The van der Waals surface area contributed by atoms with Gasteiger partial charge in [-0.1, -0.05) is 129 Å². The number of carbonyl (C=O) groups excluding carboxylic acids is 1. The van der Waals surface area contributed by atoms with Crippen molar-refractivity contribution < 1.29 is 122 Å². The van der Waals surface area contributed by atoms with Gasteiger partial charge in [0.05, 0.1) is 147 Å². The number of nitrogen functional groups attached to an aromatic ring is 2. The molecule has 25 nitrogen and oxygen atoms in total. The van der Waals surface area contributed by atoms with E-state index in [1.54, 1.807) is 32.0 Å². The van der Waals surface area contributed by atoms with Gasteiger partial charge in [-0.05, 0) is 155 Å². The topological polar surface area (TPSA) is 377 Å². The number of H-pyrrole nitrogens is 1. The molecule has 0 aliphatic carbocycles. The molecule has 3 aromatic heterocycles. The van der Waals surface area contributed by atoms with E-state index in [1.807, 2.05) is 4.93 Å². The molecule has 0 radical (unpaired) electrons. The Morgan fingerprint density at radius 1 is 0.486 bits per heavy atom. The number of methoxy groups -OCH3 is 6. The van der Waals surface area contributed by atoms with Gasteiger partial charge in [-0.15, -0.1) is 46.4 Å². The van der Waals surface area contributed by atoms with Crippen LogP contribution in [0.1, 0.15) is 90.6 Å². The molecular weight excluding hydrogens is 2180 g/mol. The number of anilines is 3. The number of nitriles is 1. The summed E-state index contributed by atoms with van der Waals surface area (Å²) >= 11 is 61.0. The second-order valence-electron chi connectivity index (χ2n) is 28.4. The summed E-state index contributed by atoms with van der Waals surface area (Å²) in [6.45, 7) is 7.58. The van der Waals surface area contributed by atoms with Crippen molar-refractivity contribution in [3.05, 3.63) is 265 Å². The maximum atomic E-state index is 15.7. The normalized spacial score (nSPS) is 11.5. The van der Waals surface area contributed by atoms with E-state index < -0.39 is 92.6 Å². The third-order valence-corrected chi connectivity index (χ3v) is 22.0. The van der Waals surface area contributed by atoms with E-state index in [1.165, 1.54) is 152 Å². The molecule has 8 N–H and O–H groups in total. The number of aliphatic hydroxyl groups is 1. The van der Waals surface area contributed by atoms with Crippen molar-refractivity contribution in [3.63, 3.8) is 0 Å².